The average Bonchev–Trinajstić information content (AvgIpc) is 2.55. The monoisotopic (exact) mass is 258 g/mol. The van der Waals surface area contributed by atoms with Gasteiger partial charge in [-0.15, -0.1) is 11.6 Å². The first-order valence-electron chi connectivity index (χ1n) is 4.86. The van der Waals surface area contributed by atoms with Gasteiger partial charge in [-0.1, -0.05) is 11.6 Å². The first-order chi connectivity index (χ1) is 7.50. The summed E-state index contributed by atoms with van der Waals surface area (Å²) in [6, 6.07) is 1.78. The molecule has 2 heterocycles. The Hall–Kier alpha value is -1.00. The Morgan fingerprint density at radius 3 is 2.69 bits per heavy atom. The molecule has 16 heavy (non-hydrogen) atoms. The molecule has 2 rings (SSSR count). The maximum absolute atomic E-state index is 6.09. The lowest BCUT2D eigenvalue weighted by Gasteiger charge is -2.18. The normalized spacial score (nSPS) is 13.1. The van der Waals surface area contributed by atoms with Crippen LogP contribution < -0.4 is 5.01 Å². The fourth-order valence-electron chi connectivity index (χ4n) is 1.60. The van der Waals surface area contributed by atoms with Gasteiger partial charge >= 0.3 is 0 Å². The summed E-state index contributed by atoms with van der Waals surface area (Å²) in [6.45, 7) is 1.88. The zero-order valence-corrected chi connectivity index (χ0v) is 10.8. The van der Waals surface area contributed by atoms with Crippen LogP contribution in [0.4, 0.5) is 0 Å². The minimum absolute atomic E-state index is 0.185. The summed E-state index contributed by atoms with van der Waals surface area (Å²) in [7, 11) is 3.83. The van der Waals surface area contributed by atoms with Crippen LogP contribution in [-0.2, 0) is 0 Å². The van der Waals surface area contributed by atoms with E-state index in [2.05, 4.69) is 9.97 Å². The highest BCUT2D eigenvalue weighted by atomic mass is 35.5. The molecule has 1 unspecified atom stereocenters. The molecule has 0 aromatic carbocycles. The van der Waals surface area contributed by atoms with E-state index >= 15 is 0 Å². The Labute approximate surface area is 104 Å². The summed E-state index contributed by atoms with van der Waals surface area (Å²) in [5, 5.41) is 2.28. The molecule has 86 valence electrons. The number of pyridine rings is 1. The molecule has 0 amide bonds. The lowest BCUT2D eigenvalue weighted by atomic mass is 10.4. The quantitative estimate of drug-likeness (QED) is 0.777. The number of imidazole rings is 1. The van der Waals surface area contributed by atoms with Gasteiger partial charge in [0.2, 0.25) is 0 Å². The highest BCUT2D eigenvalue weighted by Gasteiger charge is 2.17. The van der Waals surface area contributed by atoms with Gasteiger partial charge in [-0.25, -0.2) is 14.6 Å². The minimum atomic E-state index is -0.185. The zero-order valence-electron chi connectivity index (χ0n) is 9.28. The Bertz CT molecular complexity index is 519. The molecule has 0 saturated heterocycles. The minimum Gasteiger partial charge on any atom is -0.316 e. The Kier molecular flexibility index (Phi) is 2.95. The standard InChI is InChI=1S/C10H12Cl2N4/c1-6(11)9-14-8-4-7(12)5-13-10(8)16(9)15(2)3/h4-6H,1-3H3. The smallest absolute Gasteiger partial charge is 0.179 e. The van der Waals surface area contributed by atoms with Crippen LogP contribution >= 0.6 is 23.2 Å². The molecule has 0 bridgehead atoms. The third-order valence-corrected chi connectivity index (χ3v) is 2.62. The molecule has 0 aliphatic rings. The van der Waals surface area contributed by atoms with Gasteiger partial charge in [0.1, 0.15) is 11.3 Å². The van der Waals surface area contributed by atoms with Crippen molar-refractivity contribution in [3.05, 3.63) is 23.1 Å². The number of hydrogen-bond donors (Lipinski definition) is 0. The van der Waals surface area contributed by atoms with Gasteiger partial charge in [-0.2, -0.15) is 0 Å². The SMILES string of the molecule is CC(Cl)c1nc2cc(Cl)cnc2n1N(C)C. The Morgan fingerprint density at radius 1 is 1.44 bits per heavy atom. The van der Waals surface area contributed by atoms with Crippen molar-refractivity contribution in [3.8, 4) is 0 Å². The highest BCUT2D eigenvalue weighted by Crippen LogP contribution is 2.24. The van der Waals surface area contributed by atoms with E-state index in [0.717, 1.165) is 17.0 Å². The van der Waals surface area contributed by atoms with Crippen LogP contribution in [0.15, 0.2) is 12.3 Å². The number of rotatable bonds is 2. The first-order valence-corrected chi connectivity index (χ1v) is 5.67. The van der Waals surface area contributed by atoms with Gasteiger partial charge in [0.25, 0.3) is 0 Å². The maximum atomic E-state index is 6.09. The highest BCUT2D eigenvalue weighted by molar-refractivity contribution is 6.31. The third kappa shape index (κ3) is 1.83. The number of hydrogen-bond acceptors (Lipinski definition) is 3. The first kappa shape index (κ1) is 11.5. The predicted octanol–water partition coefficient (Wildman–Crippen LogP) is 2.58. The van der Waals surface area contributed by atoms with E-state index in [-0.39, 0.29) is 5.38 Å². The maximum Gasteiger partial charge on any atom is 0.179 e. The number of aromatic nitrogens is 3. The fourth-order valence-corrected chi connectivity index (χ4v) is 1.89. The second kappa shape index (κ2) is 4.11. The van der Waals surface area contributed by atoms with E-state index in [1.54, 1.807) is 12.3 Å². The molecule has 0 N–H and O–H groups in total. The Balaban J connectivity index is 2.75. The van der Waals surface area contributed by atoms with E-state index < -0.39 is 0 Å². The van der Waals surface area contributed by atoms with Crippen molar-refractivity contribution in [2.75, 3.05) is 19.1 Å². The van der Waals surface area contributed by atoms with Gasteiger partial charge in [0, 0.05) is 20.3 Å². The predicted molar refractivity (Wildman–Crippen MR) is 66.9 cm³/mol. The van der Waals surface area contributed by atoms with Gasteiger partial charge in [0.05, 0.1) is 10.4 Å². The van der Waals surface area contributed by atoms with Crippen molar-refractivity contribution in [2.24, 2.45) is 0 Å². The number of alkyl halides is 1. The van der Waals surface area contributed by atoms with E-state index in [0.29, 0.717) is 5.02 Å². The van der Waals surface area contributed by atoms with E-state index in [1.165, 1.54) is 0 Å². The summed E-state index contributed by atoms with van der Waals surface area (Å²) in [6.07, 6.45) is 1.61. The number of fused-ring (bicyclic) bond motifs is 1. The van der Waals surface area contributed by atoms with Crippen molar-refractivity contribution < 1.29 is 0 Å². The average molecular weight is 259 g/mol. The summed E-state index contributed by atoms with van der Waals surface area (Å²) in [5.74, 6) is 0.761. The second-order valence-electron chi connectivity index (χ2n) is 3.74. The van der Waals surface area contributed by atoms with E-state index in [1.807, 2.05) is 30.7 Å². The van der Waals surface area contributed by atoms with Crippen LogP contribution in [-0.4, -0.2) is 28.7 Å². The van der Waals surface area contributed by atoms with Crippen molar-refractivity contribution in [1.82, 2.24) is 14.6 Å². The fraction of sp³-hybridized carbons (Fsp3) is 0.400. The summed E-state index contributed by atoms with van der Waals surface area (Å²) in [5.41, 5.74) is 1.51. The van der Waals surface area contributed by atoms with Crippen LogP contribution in [0.2, 0.25) is 5.02 Å². The largest absolute Gasteiger partial charge is 0.316 e. The van der Waals surface area contributed by atoms with Crippen LogP contribution in [0.3, 0.4) is 0 Å². The number of halogens is 2. The van der Waals surface area contributed by atoms with E-state index in [9.17, 15) is 0 Å². The summed E-state index contributed by atoms with van der Waals surface area (Å²) >= 11 is 12.0. The lowest BCUT2D eigenvalue weighted by Crippen LogP contribution is -2.27. The zero-order chi connectivity index (χ0) is 11.9. The van der Waals surface area contributed by atoms with Gasteiger partial charge < -0.3 is 5.01 Å². The lowest BCUT2D eigenvalue weighted by molar-refractivity contribution is 0.689. The molecule has 0 fully saturated rings. The van der Waals surface area contributed by atoms with Crippen molar-refractivity contribution >= 4 is 34.4 Å². The second-order valence-corrected chi connectivity index (χ2v) is 4.83. The number of nitrogens with zero attached hydrogens (tertiary/aromatic N) is 4. The van der Waals surface area contributed by atoms with Crippen LogP contribution in [0.25, 0.3) is 11.2 Å². The van der Waals surface area contributed by atoms with Crippen LogP contribution in [0, 0.1) is 0 Å². The molecule has 2 aromatic rings. The van der Waals surface area contributed by atoms with Gasteiger partial charge in [-0.05, 0) is 13.0 Å². The van der Waals surface area contributed by atoms with Gasteiger partial charge in [-0.3, -0.25) is 0 Å². The molecule has 0 aliphatic carbocycles. The van der Waals surface area contributed by atoms with Crippen LogP contribution in [0.5, 0.6) is 0 Å². The van der Waals surface area contributed by atoms with Crippen molar-refractivity contribution in [3.63, 3.8) is 0 Å². The molecule has 0 spiro atoms. The summed E-state index contributed by atoms with van der Waals surface area (Å²) in [4.78, 5) is 8.71. The van der Waals surface area contributed by atoms with Gasteiger partial charge in [0.15, 0.2) is 5.65 Å². The van der Waals surface area contributed by atoms with Crippen LogP contribution in [0.1, 0.15) is 18.1 Å². The van der Waals surface area contributed by atoms with Crippen molar-refractivity contribution in [1.29, 1.82) is 0 Å². The molecule has 2 aromatic heterocycles. The Morgan fingerprint density at radius 2 is 2.12 bits per heavy atom. The molecular weight excluding hydrogens is 247 g/mol. The third-order valence-electron chi connectivity index (χ3n) is 2.22. The van der Waals surface area contributed by atoms with Crippen molar-refractivity contribution in [2.45, 2.75) is 12.3 Å². The van der Waals surface area contributed by atoms with E-state index in [4.69, 9.17) is 23.2 Å². The molecule has 0 radical (unpaired) electrons. The molecule has 0 saturated carbocycles. The molecule has 6 heteroatoms. The summed E-state index contributed by atoms with van der Waals surface area (Å²) < 4.78 is 1.88. The molecule has 4 nitrogen and oxygen atoms in total. The molecular formula is C10H12Cl2N4. The topological polar surface area (TPSA) is 34.0 Å². The molecule has 1 atom stereocenters. The molecule has 0 aliphatic heterocycles.